The van der Waals surface area contributed by atoms with Crippen LogP contribution >= 0.6 is 11.6 Å². The first-order chi connectivity index (χ1) is 13.7. The van der Waals surface area contributed by atoms with E-state index < -0.39 is 0 Å². The molecule has 3 atom stereocenters. The smallest absolute Gasteiger partial charge is 0.311 e. The number of carbonyl (C=O) groups is 1. The maximum atomic E-state index is 12.4. The van der Waals surface area contributed by atoms with Crippen molar-refractivity contribution in [1.82, 2.24) is 5.32 Å². The summed E-state index contributed by atoms with van der Waals surface area (Å²) in [4.78, 5) is 12.4. The molecule has 4 nitrogen and oxygen atoms in total. The van der Waals surface area contributed by atoms with Crippen LogP contribution in [0.1, 0.15) is 78.9 Å². The highest BCUT2D eigenvalue weighted by Crippen LogP contribution is 2.26. The summed E-state index contributed by atoms with van der Waals surface area (Å²) in [5.41, 5.74) is 0.887. The summed E-state index contributed by atoms with van der Waals surface area (Å²) in [5, 5.41) is 4.14. The Morgan fingerprint density at radius 2 is 1.86 bits per heavy atom. The van der Waals surface area contributed by atoms with E-state index >= 15 is 0 Å². The maximum Gasteiger partial charge on any atom is 0.311 e. The first-order valence-corrected chi connectivity index (χ1v) is 11.3. The lowest BCUT2D eigenvalue weighted by atomic mass is 10.0. The summed E-state index contributed by atoms with van der Waals surface area (Å²) >= 11 is 6.39. The van der Waals surface area contributed by atoms with Gasteiger partial charge in [0.1, 0.15) is 0 Å². The molecule has 0 aliphatic heterocycles. The van der Waals surface area contributed by atoms with Crippen LogP contribution in [-0.4, -0.2) is 31.3 Å². The Morgan fingerprint density at radius 3 is 2.45 bits per heavy atom. The van der Waals surface area contributed by atoms with E-state index in [0.29, 0.717) is 30.7 Å². The molecule has 5 heteroatoms. The lowest BCUT2D eigenvalue weighted by Crippen LogP contribution is -2.39. The molecule has 0 saturated carbocycles. The zero-order chi connectivity index (χ0) is 21.9. The first kappa shape index (κ1) is 25.9. The van der Waals surface area contributed by atoms with E-state index in [4.69, 9.17) is 21.1 Å². The average Bonchev–Trinajstić information content (AvgIpc) is 2.67. The number of unbranched alkanes of at least 4 members (excludes halogenated alkanes) is 1. The summed E-state index contributed by atoms with van der Waals surface area (Å²) in [5.74, 6) is -0.0705. The van der Waals surface area contributed by atoms with Crippen LogP contribution in [0.2, 0.25) is 5.02 Å². The SMILES string of the molecule is CCCCC(CC)COC(=O)C(C)COC(CNC(C)(C)C)c1ccccc1Cl. The number of halogens is 1. The van der Waals surface area contributed by atoms with Gasteiger partial charge in [-0.25, -0.2) is 0 Å². The molecule has 1 rings (SSSR count). The molecule has 1 N–H and O–H groups in total. The van der Waals surface area contributed by atoms with Gasteiger partial charge in [-0.05, 0) is 46.1 Å². The molecule has 0 heterocycles. The molecular weight excluding hydrogens is 386 g/mol. The van der Waals surface area contributed by atoms with Gasteiger partial charge in [0.15, 0.2) is 0 Å². The first-order valence-electron chi connectivity index (χ1n) is 11.0. The van der Waals surface area contributed by atoms with Gasteiger partial charge in [0, 0.05) is 22.7 Å². The average molecular weight is 426 g/mol. The summed E-state index contributed by atoms with van der Waals surface area (Å²) < 4.78 is 11.7. The number of nitrogens with one attached hydrogen (secondary N) is 1. The van der Waals surface area contributed by atoms with Crippen molar-refractivity contribution in [2.24, 2.45) is 11.8 Å². The van der Waals surface area contributed by atoms with Crippen LogP contribution in [0.25, 0.3) is 0 Å². The lowest BCUT2D eigenvalue weighted by molar-refractivity contribution is -0.152. The molecule has 0 bridgehead atoms. The summed E-state index contributed by atoms with van der Waals surface area (Å²) in [7, 11) is 0. The van der Waals surface area contributed by atoms with Crippen LogP contribution in [-0.2, 0) is 14.3 Å². The predicted octanol–water partition coefficient (Wildman–Crippen LogP) is 6.18. The molecule has 0 aromatic heterocycles. The van der Waals surface area contributed by atoms with Crippen LogP contribution in [0.4, 0.5) is 0 Å². The van der Waals surface area contributed by atoms with Crippen molar-refractivity contribution >= 4 is 17.6 Å². The van der Waals surface area contributed by atoms with Gasteiger partial charge in [-0.2, -0.15) is 0 Å². The fourth-order valence-corrected chi connectivity index (χ4v) is 3.22. The minimum Gasteiger partial charge on any atom is -0.465 e. The van der Waals surface area contributed by atoms with E-state index in [0.717, 1.165) is 18.4 Å². The highest BCUT2D eigenvalue weighted by molar-refractivity contribution is 6.31. The van der Waals surface area contributed by atoms with E-state index in [9.17, 15) is 4.79 Å². The Hall–Kier alpha value is -1.10. The van der Waals surface area contributed by atoms with Crippen molar-refractivity contribution in [2.45, 2.75) is 78.9 Å². The van der Waals surface area contributed by atoms with Crippen LogP contribution in [0.3, 0.4) is 0 Å². The molecule has 29 heavy (non-hydrogen) atoms. The number of ether oxygens (including phenoxy) is 2. The van der Waals surface area contributed by atoms with Gasteiger partial charge in [-0.15, -0.1) is 0 Å². The second kappa shape index (κ2) is 13.3. The number of rotatable bonds is 13. The van der Waals surface area contributed by atoms with Gasteiger partial charge in [-0.3, -0.25) is 4.79 Å². The van der Waals surface area contributed by atoms with Crippen LogP contribution in [0, 0.1) is 11.8 Å². The molecule has 1 aromatic rings. The van der Waals surface area contributed by atoms with Crippen molar-refractivity contribution in [1.29, 1.82) is 0 Å². The highest BCUT2D eigenvalue weighted by atomic mass is 35.5. The van der Waals surface area contributed by atoms with Crippen molar-refractivity contribution < 1.29 is 14.3 Å². The summed E-state index contributed by atoms with van der Waals surface area (Å²) in [6, 6.07) is 7.69. The highest BCUT2D eigenvalue weighted by Gasteiger charge is 2.22. The monoisotopic (exact) mass is 425 g/mol. The Labute approximate surface area is 182 Å². The lowest BCUT2D eigenvalue weighted by Gasteiger charge is -2.27. The molecule has 166 valence electrons. The van der Waals surface area contributed by atoms with E-state index in [2.05, 4.69) is 39.9 Å². The normalized spacial score (nSPS) is 15.0. The minimum absolute atomic E-state index is 0.0406. The molecule has 0 aliphatic carbocycles. The molecule has 0 saturated heterocycles. The fraction of sp³-hybridized carbons (Fsp3) is 0.708. The Bertz CT molecular complexity index is 600. The Kier molecular flexibility index (Phi) is 11.9. The Morgan fingerprint density at radius 1 is 1.17 bits per heavy atom. The second-order valence-electron chi connectivity index (χ2n) is 8.92. The zero-order valence-corrected chi connectivity index (χ0v) is 19.8. The number of esters is 1. The van der Waals surface area contributed by atoms with Crippen LogP contribution < -0.4 is 5.32 Å². The van der Waals surface area contributed by atoms with Gasteiger partial charge in [0.25, 0.3) is 0 Å². The topological polar surface area (TPSA) is 47.6 Å². The van der Waals surface area contributed by atoms with Crippen molar-refractivity contribution in [3.8, 4) is 0 Å². The summed E-state index contributed by atoms with van der Waals surface area (Å²) in [6.07, 6.45) is 4.25. The molecular formula is C24H40ClNO3. The third kappa shape index (κ3) is 10.5. The van der Waals surface area contributed by atoms with E-state index in [-0.39, 0.29) is 23.5 Å². The zero-order valence-electron chi connectivity index (χ0n) is 19.1. The van der Waals surface area contributed by atoms with Crippen molar-refractivity contribution in [2.75, 3.05) is 19.8 Å². The number of hydrogen-bond donors (Lipinski definition) is 1. The van der Waals surface area contributed by atoms with Crippen LogP contribution in [0.5, 0.6) is 0 Å². The molecule has 0 amide bonds. The number of hydrogen-bond acceptors (Lipinski definition) is 4. The summed E-state index contributed by atoms with van der Waals surface area (Å²) in [6.45, 7) is 13.9. The molecule has 1 aromatic carbocycles. The minimum atomic E-state index is -0.321. The van der Waals surface area contributed by atoms with Crippen molar-refractivity contribution in [3.05, 3.63) is 34.9 Å². The third-order valence-corrected chi connectivity index (χ3v) is 5.37. The van der Waals surface area contributed by atoms with Crippen LogP contribution in [0.15, 0.2) is 24.3 Å². The van der Waals surface area contributed by atoms with Gasteiger partial charge in [-0.1, -0.05) is 62.9 Å². The molecule has 3 unspecified atom stereocenters. The standard InChI is InChI=1S/C24H40ClNO3/c1-7-9-12-19(8-2)17-29-23(27)18(3)16-28-22(15-26-24(4,5)6)20-13-10-11-14-21(20)25/h10-11,13-14,18-19,22,26H,7-9,12,15-17H2,1-6H3. The van der Waals surface area contributed by atoms with Gasteiger partial charge >= 0.3 is 5.97 Å². The number of carbonyl (C=O) groups excluding carboxylic acids is 1. The van der Waals surface area contributed by atoms with E-state index in [1.165, 1.54) is 12.8 Å². The largest absolute Gasteiger partial charge is 0.465 e. The van der Waals surface area contributed by atoms with Gasteiger partial charge < -0.3 is 14.8 Å². The molecule has 0 radical (unpaired) electrons. The third-order valence-electron chi connectivity index (χ3n) is 5.02. The maximum absolute atomic E-state index is 12.4. The van der Waals surface area contributed by atoms with Crippen molar-refractivity contribution in [3.63, 3.8) is 0 Å². The number of benzene rings is 1. The quantitative estimate of drug-likeness (QED) is 0.383. The Balaban J connectivity index is 2.63. The molecule has 0 spiro atoms. The second-order valence-corrected chi connectivity index (χ2v) is 9.33. The fourth-order valence-electron chi connectivity index (χ4n) is 2.96. The molecule has 0 aliphatic rings. The van der Waals surface area contributed by atoms with Gasteiger partial charge in [0.05, 0.1) is 25.2 Å². The van der Waals surface area contributed by atoms with E-state index in [1.807, 2.05) is 31.2 Å². The molecule has 0 fully saturated rings. The predicted molar refractivity (Wildman–Crippen MR) is 121 cm³/mol. The van der Waals surface area contributed by atoms with E-state index in [1.54, 1.807) is 0 Å². The van der Waals surface area contributed by atoms with Gasteiger partial charge in [0.2, 0.25) is 0 Å².